The molecular weight excluding hydrogens is 340 g/mol. The number of carbonyl (C=O) groups is 3. The third-order valence-electron chi connectivity index (χ3n) is 2.63. The van der Waals surface area contributed by atoms with Crippen molar-refractivity contribution < 1.29 is 33.3 Å². The highest BCUT2D eigenvalue weighted by Gasteiger charge is 2.19. The maximum Gasteiger partial charge on any atom is 0.344 e. The summed E-state index contributed by atoms with van der Waals surface area (Å²) >= 11 is 0. The highest BCUT2D eigenvalue weighted by Crippen LogP contribution is 2.28. The first kappa shape index (κ1) is 21.5. The monoisotopic (exact) mass is 366 g/mol. The summed E-state index contributed by atoms with van der Waals surface area (Å²) in [5.74, 6) is -0.740. The van der Waals surface area contributed by atoms with Gasteiger partial charge in [0.05, 0.1) is 0 Å². The van der Waals surface area contributed by atoms with E-state index in [-0.39, 0.29) is 24.7 Å². The first-order valence-electron chi connectivity index (χ1n) is 8.18. The van der Waals surface area contributed by atoms with Gasteiger partial charge in [0.2, 0.25) is 0 Å². The highest BCUT2D eigenvalue weighted by molar-refractivity contribution is 5.77. The Labute approximate surface area is 153 Å². The third-order valence-corrected chi connectivity index (χ3v) is 2.63. The van der Waals surface area contributed by atoms with Crippen LogP contribution >= 0.6 is 0 Å². The minimum absolute atomic E-state index is 0.156. The van der Waals surface area contributed by atoms with Crippen molar-refractivity contribution in [1.29, 1.82) is 0 Å². The van der Waals surface area contributed by atoms with Crippen LogP contribution in [0, 0.1) is 0 Å². The summed E-state index contributed by atoms with van der Waals surface area (Å²) in [5, 5.41) is 0. The molecule has 7 nitrogen and oxygen atoms in total. The molecule has 144 valence electrons. The smallest absolute Gasteiger partial charge is 0.344 e. The van der Waals surface area contributed by atoms with Gasteiger partial charge in [-0.1, -0.05) is 0 Å². The standard InChI is InChI=1S/C19H26O7/c1-18(2,3)25-16(21)11-23-14-8-7-13(10-20)9-15(14)24-12-17(22)26-19(4,5)6/h7-10H,11-12H2,1-6H3. The van der Waals surface area contributed by atoms with Gasteiger partial charge in [0.15, 0.2) is 24.7 Å². The van der Waals surface area contributed by atoms with E-state index in [1.807, 2.05) is 0 Å². The van der Waals surface area contributed by atoms with Crippen molar-refractivity contribution in [2.45, 2.75) is 52.7 Å². The van der Waals surface area contributed by atoms with Crippen LogP contribution in [0.5, 0.6) is 11.5 Å². The van der Waals surface area contributed by atoms with Crippen LogP contribution in [0.4, 0.5) is 0 Å². The number of ether oxygens (including phenoxy) is 4. The minimum atomic E-state index is -0.638. The molecule has 0 amide bonds. The number of aldehydes is 1. The first-order chi connectivity index (χ1) is 11.9. The molecule has 1 aromatic rings. The Morgan fingerprint density at radius 3 is 1.73 bits per heavy atom. The highest BCUT2D eigenvalue weighted by atomic mass is 16.6. The van der Waals surface area contributed by atoms with Gasteiger partial charge in [-0.3, -0.25) is 4.79 Å². The molecule has 7 heteroatoms. The molecule has 0 fully saturated rings. The fourth-order valence-corrected chi connectivity index (χ4v) is 1.85. The molecule has 0 aliphatic rings. The van der Waals surface area contributed by atoms with E-state index in [0.29, 0.717) is 11.8 Å². The number of esters is 2. The van der Waals surface area contributed by atoms with Crippen LogP contribution < -0.4 is 9.47 Å². The zero-order chi connectivity index (χ0) is 20.0. The number of hydrogen-bond acceptors (Lipinski definition) is 7. The number of carbonyl (C=O) groups excluding carboxylic acids is 3. The van der Waals surface area contributed by atoms with E-state index in [1.54, 1.807) is 41.5 Å². The number of rotatable bonds is 7. The topological polar surface area (TPSA) is 88.1 Å². The molecule has 0 unspecified atom stereocenters. The fourth-order valence-electron chi connectivity index (χ4n) is 1.85. The van der Waals surface area contributed by atoms with Crippen LogP contribution in [0.3, 0.4) is 0 Å². The number of hydrogen-bond donors (Lipinski definition) is 0. The van der Waals surface area contributed by atoms with Crippen LogP contribution in [0.15, 0.2) is 18.2 Å². The maximum absolute atomic E-state index is 11.8. The van der Waals surface area contributed by atoms with Crippen LogP contribution in [-0.2, 0) is 19.1 Å². The number of benzene rings is 1. The Balaban J connectivity index is 2.78. The Hall–Kier alpha value is -2.57. The molecule has 0 aliphatic heterocycles. The minimum Gasteiger partial charge on any atom is -0.478 e. The molecule has 0 aromatic heterocycles. The molecule has 1 aromatic carbocycles. The van der Waals surface area contributed by atoms with Gasteiger partial charge in [0, 0.05) is 5.56 Å². The normalized spacial score (nSPS) is 11.5. The van der Waals surface area contributed by atoms with Gasteiger partial charge < -0.3 is 18.9 Å². The third kappa shape index (κ3) is 8.50. The lowest BCUT2D eigenvalue weighted by molar-refractivity contribution is -0.158. The average Bonchev–Trinajstić information content (AvgIpc) is 2.47. The lowest BCUT2D eigenvalue weighted by Gasteiger charge is -2.21. The van der Waals surface area contributed by atoms with Crippen molar-refractivity contribution in [1.82, 2.24) is 0 Å². The average molecular weight is 366 g/mol. The molecule has 0 heterocycles. The zero-order valence-corrected chi connectivity index (χ0v) is 16.1. The second-order valence-corrected chi connectivity index (χ2v) is 7.57. The van der Waals surface area contributed by atoms with Gasteiger partial charge in [-0.05, 0) is 59.7 Å². The summed E-state index contributed by atoms with van der Waals surface area (Å²) in [7, 11) is 0. The van der Waals surface area contributed by atoms with Crippen molar-refractivity contribution in [2.75, 3.05) is 13.2 Å². The van der Waals surface area contributed by atoms with Crippen molar-refractivity contribution in [2.24, 2.45) is 0 Å². The maximum atomic E-state index is 11.8. The lowest BCUT2D eigenvalue weighted by atomic mass is 10.2. The molecule has 0 radical (unpaired) electrons. The van der Waals surface area contributed by atoms with E-state index in [2.05, 4.69) is 0 Å². The largest absolute Gasteiger partial charge is 0.478 e. The van der Waals surface area contributed by atoms with Gasteiger partial charge in [0.1, 0.15) is 17.5 Å². The molecule has 0 spiro atoms. The summed E-state index contributed by atoms with van der Waals surface area (Å²) in [4.78, 5) is 34.5. The predicted octanol–water partition coefficient (Wildman–Crippen LogP) is 2.94. The Kier molecular flexibility index (Phi) is 7.18. The molecule has 0 saturated heterocycles. The molecule has 0 saturated carbocycles. The molecule has 26 heavy (non-hydrogen) atoms. The van der Waals surface area contributed by atoms with Crippen molar-refractivity contribution >= 4 is 18.2 Å². The van der Waals surface area contributed by atoms with Crippen molar-refractivity contribution in [3.63, 3.8) is 0 Å². The second kappa shape index (κ2) is 8.69. The Bertz CT molecular complexity index is 651. The SMILES string of the molecule is CC(C)(C)OC(=O)COc1ccc(C=O)cc1OCC(=O)OC(C)(C)C. The fraction of sp³-hybridized carbons (Fsp3) is 0.526. The molecular formula is C19H26O7. The van der Waals surface area contributed by atoms with E-state index in [1.165, 1.54) is 18.2 Å². The summed E-state index contributed by atoms with van der Waals surface area (Å²) < 4.78 is 21.1. The van der Waals surface area contributed by atoms with Gasteiger partial charge in [-0.2, -0.15) is 0 Å². The van der Waals surface area contributed by atoms with E-state index >= 15 is 0 Å². The molecule has 1 rings (SSSR count). The Morgan fingerprint density at radius 2 is 1.31 bits per heavy atom. The summed E-state index contributed by atoms with van der Waals surface area (Å²) in [6.07, 6.45) is 0.637. The van der Waals surface area contributed by atoms with Gasteiger partial charge in [-0.25, -0.2) is 9.59 Å². The predicted molar refractivity (Wildman–Crippen MR) is 94.5 cm³/mol. The molecule has 0 bridgehead atoms. The van der Waals surface area contributed by atoms with Gasteiger partial charge in [-0.15, -0.1) is 0 Å². The van der Waals surface area contributed by atoms with Crippen LogP contribution in [-0.4, -0.2) is 42.6 Å². The quantitative estimate of drug-likeness (QED) is 0.541. The summed E-state index contributed by atoms with van der Waals surface area (Å²) in [6, 6.07) is 4.41. The summed E-state index contributed by atoms with van der Waals surface area (Å²) in [5.41, 5.74) is -0.923. The van der Waals surface area contributed by atoms with E-state index in [4.69, 9.17) is 18.9 Å². The van der Waals surface area contributed by atoms with Crippen molar-refractivity contribution in [3.05, 3.63) is 23.8 Å². The summed E-state index contributed by atoms with van der Waals surface area (Å²) in [6.45, 7) is 9.79. The van der Waals surface area contributed by atoms with E-state index < -0.39 is 23.1 Å². The Morgan fingerprint density at radius 1 is 0.846 bits per heavy atom. The van der Waals surface area contributed by atoms with Crippen LogP contribution in [0.2, 0.25) is 0 Å². The molecule has 0 aliphatic carbocycles. The lowest BCUT2D eigenvalue weighted by Crippen LogP contribution is -2.28. The van der Waals surface area contributed by atoms with Crippen molar-refractivity contribution in [3.8, 4) is 11.5 Å². The second-order valence-electron chi connectivity index (χ2n) is 7.57. The zero-order valence-electron chi connectivity index (χ0n) is 16.1. The molecule has 0 atom stereocenters. The van der Waals surface area contributed by atoms with Crippen LogP contribution in [0.25, 0.3) is 0 Å². The van der Waals surface area contributed by atoms with Gasteiger partial charge >= 0.3 is 11.9 Å². The van der Waals surface area contributed by atoms with E-state index in [9.17, 15) is 14.4 Å². The van der Waals surface area contributed by atoms with E-state index in [0.717, 1.165) is 0 Å². The molecule has 0 N–H and O–H groups in total. The van der Waals surface area contributed by atoms with Gasteiger partial charge in [0.25, 0.3) is 0 Å². The van der Waals surface area contributed by atoms with Crippen LogP contribution in [0.1, 0.15) is 51.9 Å². The first-order valence-corrected chi connectivity index (χ1v) is 8.18.